The minimum absolute atomic E-state index is 0.194. The van der Waals surface area contributed by atoms with Crippen LogP contribution in [-0.4, -0.2) is 22.1 Å². The number of hydrogen-bond donors (Lipinski definition) is 3. The predicted molar refractivity (Wildman–Crippen MR) is 71.4 cm³/mol. The Hall–Kier alpha value is -2.41. The number of amides is 2. The number of nitrogens with zero attached hydrogens (tertiary/aromatic N) is 1. The zero-order chi connectivity index (χ0) is 13.7. The molecular formula is C12H11N3O3S. The number of hydrogen-bond acceptors (Lipinski definition) is 4. The van der Waals surface area contributed by atoms with Crippen LogP contribution >= 0.6 is 11.3 Å². The van der Waals surface area contributed by atoms with Crippen molar-refractivity contribution in [2.45, 2.75) is 6.54 Å². The molecule has 0 unspecified atom stereocenters. The molecule has 3 N–H and O–H groups in total. The number of aromatic carboxylic acids is 1. The summed E-state index contributed by atoms with van der Waals surface area (Å²) in [5.74, 6) is -0.992. The van der Waals surface area contributed by atoms with Gasteiger partial charge in [0.2, 0.25) is 0 Å². The molecular weight excluding hydrogens is 266 g/mol. The molecule has 1 heterocycles. The van der Waals surface area contributed by atoms with Crippen molar-refractivity contribution in [3.63, 3.8) is 0 Å². The molecule has 98 valence electrons. The van der Waals surface area contributed by atoms with Gasteiger partial charge < -0.3 is 10.4 Å². The highest BCUT2D eigenvalue weighted by molar-refractivity contribution is 7.13. The maximum absolute atomic E-state index is 11.5. The van der Waals surface area contributed by atoms with Gasteiger partial charge in [-0.1, -0.05) is 12.1 Å². The van der Waals surface area contributed by atoms with Gasteiger partial charge in [0.05, 0.1) is 5.56 Å². The van der Waals surface area contributed by atoms with E-state index in [2.05, 4.69) is 15.6 Å². The van der Waals surface area contributed by atoms with E-state index in [4.69, 9.17) is 5.11 Å². The third kappa shape index (κ3) is 3.78. The maximum atomic E-state index is 11.5. The van der Waals surface area contributed by atoms with Crippen LogP contribution < -0.4 is 10.6 Å². The van der Waals surface area contributed by atoms with Crippen LogP contribution in [0.3, 0.4) is 0 Å². The summed E-state index contributed by atoms with van der Waals surface area (Å²) in [5, 5.41) is 16.3. The first-order valence-corrected chi connectivity index (χ1v) is 6.29. The van der Waals surface area contributed by atoms with Gasteiger partial charge in [0, 0.05) is 18.1 Å². The number of thiazole rings is 1. The lowest BCUT2D eigenvalue weighted by molar-refractivity contribution is 0.0696. The standard InChI is InChI=1S/C12H11N3O3S/c16-10(17)9-3-1-2-8(6-9)7-14-11(18)15-12-13-4-5-19-12/h1-6H,7H2,(H,16,17)(H2,13,14,15,18). The van der Waals surface area contributed by atoms with Gasteiger partial charge in [-0.2, -0.15) is 0 Å². The molecule has 0 bridgehead atoms. The normalized spacial score (nSPS) is 9.89. The average Bonchev–Trinajstić information content (AvgIpc) is 2.89. The van der Waals surface area contributed by atoms with Crippen LogP contribution in [0.5, 0.6) is 0 Å². The Morgan fingerprint density at radius 2 is 2.21 bits per heavy atom. The van der Waals surface area contributed by atoms with Crippen LogP contribution in [0.4, 0.5) is 9.93 Å². The van der Waals surface area contributed by atoms with Gasteiger partial charge in [-0.15, -0.1) is 11.3 Å². The van der Waals surface area contributed by atoms with E-state index in [0.29, 0.717) is 10.7 Å². The topological polar surface area (TPSA) is 91.3 Å². The van der Waals surface area contributed by atoms with Gasteiger partial charge in [-0.25, -0.2) is 14.6 Å². The largest absolute Gasteiger partial charge is 0.478 e. The minimum Gasteiger partial charge on any atom is -0.478 e. The Morgan fingerprint density at radius 1 is 1.37 bits per heavy atom. The van der Waals surface area contributed by atoms with Crippen molar-refractivity contribution in [3.05, 3.63) is 47.0 Å². The quantitative estimate of drug-likeness (QED) is 0.798. The van der Waals surface area contributed by atoms with E-state index in [1.54, 1.807) is 23.7 Å². The van der Waals surface area contributed by atoms with Crippen LogP contribution in [0, 0.1) is 0 Å². The Kier molecular flexibility index (Phi) is 4.09. The van der Waals surface area contributed by atoms with E-state index in [1.807, 2.05) is 0 Å². The molecule has 0 aliphatic carbocycles. The molecule has 19 heavy (non-hydrogen) atoms. The summed E-state index contributed by atoms with van der Waals surface area (Å²) in [5.41, 5.74) is 0.911. The zero-order valence-electron chi connectivity index (χ0n) is 9.79. The highest BCUT2D eigenvalue weighted by Gasteiger charge is 2.05. The van der Waals surface area contributed by atoms with E-state index >= 15 is 0 Å². The smallest absolute Gasteiger partial charge is 0.335 e. The van der Waals surface area contributed by atoms with Crippen molar-refractivity contribution in [2.24, 2.45) is 0 Å². The van der Waals surface area contributed by atoms with Gasteiger partial charge >= 0.3 is 12.0 Å². The highest BCUT2D eigenvalue weighted by atomic mass is 32.1. The number of anilines is 1. The van der Waals surface area contributed by atoms with Crippen molar-refractivity contribution in [3.8, 4) is 0 Å². The molecule has 0 saturated heterocycles. The summed E-state index contributed by atoms with van der Waals surface area (Å²) >= 11 is 1.32. The lowest BCUT2D eigenvalue weighted by Crippen LogP contribution is -2.28. The Morgan fingerprint density at radius 3 is 2.89 bits per heavy atom. The predicted octanol–water partition coefficient (Wildman–Crippen LogP) is 2.16. The fourth-order valence-corrected chi connectivity index (χ4v) is 1.95. The molecule has 0 aliphatic rings. The molecule has 0 radical (unpaired) electrons. The first-order chi connectivity index (χ1) is 9.15. The number of carbonyl (C=O) groups excluding carboxylic acids is 1. The molecule has 2 rings (SSSR count). The lowest BCUT2D eigenvalue weighted by atomic mass is 10.1. The summed E-state index contributed by atoms with van der Waals surface area (Å²) in [7, 11) is 0. The number of nitrogens with one attached hydrogen (secondary N) is 2. The molecule has 0 aliphatic heterocycles. The number of carboxylic acid groups (broad SMARTS) is 1. The van der Waals surface area contributed by atoms with Crippen molar-refractivity contribution in [2.75, 3.05) is 5.32 Å². The zero-order valence-corrected chi connectivity index (χ0v) is 10.6. The number of benzene rings is 1. The van der Waals surface area contributed by atoms with Crippen molar-refractivity contribution in [1.82, 2.24) is 10.3 Å². The van der Waals surface area contributed by atoms with Crippen molar-refractivity contribution in [1.29, 1.82) is 0 Å². The highest BCUT2D eigenvalue weighted by Crippen LogP contribution is 2.10. The molecule has 0 fully saturated rings. The second-order valence-electron chi connectivity index (χ2n) is 3.65. The van der Waals surface area contributed by atoms with Crippen LogP contribution in [-0.2, 0) is 6.54 Å². The van der Waals surface area contributed by atoms with Crippen LogP contribution in [0.15, 0.2) is 35.8 Å². The minimum atomic E-state index is -0.992. The number of rotatable bonds is 4. The lowest BCUT2D eigenvalue weighted by Gasteiger charge is -2.06. The SMILES string of the molecule is O=C(NCc1cccc(C(=O)O)c1)Nc1nccs1. The van der Waals surface area contributed by atoms with Gasteiger partial charge in [-0.05, 0) is 17.7 Å². The number of carbonyl (C=O) groups is 2. The molecule has 0 saturated carbocycles. The first-order valence-electron chi connectivity index (χ1n) is 5.42. The second-order valence-corrected chi connectivity index (χ2v) is 4.55. The van der Waals surface area contributed by atoms with Gasteiger partial charge in [0.15, 0.2) is 5.13 Å². The number of carboxylic acids is 1. The molecule has 0 atom stereocenters. The fourth-order valence-electron chi connectivity index (χ4n) is 1.42. The van der Waals surface area contributed by atoms with Gasteiger partial charge in [0.1, 0.15) is 0 Å². The molecule has 7 heteroatoms. The fraction of sp³-hybridized carbons (Fsp3) is 0.0833. The Labute approximate surface area is 113 Å². The molecule has 6 nitrogen and oxygen atoms in total. The van der Waals surface area contributed by atoms with Crippen molar-refractivity contribution >= 4 is 28.5 Å². The molecule has 2 aromatic rings. The molecule has 2 amide bonds. The maximum Gasteiger partial charge on any atom is 0.335 e. The summed E-state index contributed by atoms with van der Waals surface area (Å²) in [6, 6.07) is 6.03. The monoisotopic (exact) mass is 277 g/mol. The molecule has 1 aromatic heterocycles. The molecule has 0 spiro atoms. The first kappa shape index (κ1) is 13.0. The van der Waals surface area contributed by atoms with Crippen LogP contribution in [0.25, 0.3) is 0 Å². The third-order valence-electron chi connectivity index (χ3n) is 2.28. The summed E-state index contributed by atoms with van der Waals surface area (Å²) in [6.45, 7) is 0.248. The van der Waals surface area contributed by atoms with Crippen LogP contribution in [0.1, 0.15) is 15.9 Å². The van der Waals surface area contributed by atoms with E-state index in [9.17, 15) is 9.59 Å². The molecule has 1 aromatic carbocycles. The number of urea groups is 1. The van der Waals surface area contributed by atoms with Gasteiger partial charge in [-0.3, -0.25) is 5.32 Å². The van der Waals surface area contributed by atoms with Crippen LogP contribution in [0.2, 0.25) is 0 Å². The van der Waals surface area contributed by atoms with Gasteiger partial charge in [0.25, 0.3) is 0 Å². The number of aromatic nitrogens is 1. The van der Waals surface area contributed by atoms with E-state index in [0.717, 1.165) is 0 Å². The second kappa shape index (κ2) is 5.96. The Balaban J connectivity index is 1.89. The van der Waals surface area contributed by atoms with E-state index in [1.165, 1.54) is 23.5 Å². The van der Waals surface area contributed by atoms with E-state index in [-0.39, 0.29) is 18.1 Å². The van der Waals surface area contributed by atoms with E-state index < -0.39 is 5.97 Å². The Bertz CT molecular complexity index is 584. The average molecular weight is 277 g/mol. The summed E-state index contributed by atoms with van der Waals surface area (Å²) in [6.07, 6.45) is 1.59. The summed E-state index contributed by atoms with van der Waals surface area (Å²) in [4.78, 5) is 26.2. The third-order valence-corrected chi connectivity index (χ3v) is 2.97. The summed E-state index contributed by atoms with van der Waals surface area (Å²) < 4.78 is 0. The van der Waals surface area contributed by atoms with Crippen molar-refractivity contribution < 1.29 is 14.7 Å².